The van der Waals surface area contributed by atoms with Gasteiger partial charge in [-0.25, -0.2) is 0 Å². The molecule has 0 atom stereocenters. The fourth-order valence-corrected chi connectivity index (χ4v) is 21.4. The Morgan fingerprint density at radius 1 is 0.132 bits per heavy atom. The van der Waals surface area contributed by atoms with Crippen LogP contribution in [0.2, 0.25) is 0 Å². The predicted molar refractivity (Wildman–Crippen MR) is 606 cm³/mol. The first kappa shape index (κ1) is 86.3. The van der Waals surface area contributed by atoms with Crippen LogP contribution in [0.25, 0.3) is 175 Å². The normalized spacial score (nSPS) is 11.3. The van der Waals surface area contributed by atoms with Crippen LogP contribution >= 0.6 is 0 Å². The second kappa shape index (κ2) is 38.2. The summed E-state index contributed by atoms with van der Waals surface area (Å²) in [5.74, 6) is 0. The van der Waals surface area contributed by atoms with Crippen molar-refractivity contribution in [2.75, 3.05) is 19.6 Å². The van der Waals surface area contributed by atoms with E-state index in [1.165, 1.54) is 82.4 Å². The highest BCUT2D eigenvalue weighted by molar-refractivity contribution is 6.28. The molecular formula is C136H92N8. The van der Waals surface area contributed by atoms with Crippen molar-refractivity contribution in [2.45, 2.75) is 0 Å². The molecule has 0 fully saturated rings. The van der Waals surface area contributed by atoms with Gasteiger partial charge in [-0.05, 0) is 331 Å². The first-order chi connectivity index (χ1) is 71.5. The molecule has 8 heteroatoms. The lowest BCUT2D eigenvalue weighted by Gasteiger charge is -2.30. The number of aromatic nitrogens is 4. The van der Waals surface area contributed by atoms with Crippen LogP contribution in [0.15, 0.2) is 559 Å². The van der Waals surface area contributed by atoms with E-state index in [0.29, 0.717) is 0 Å². The fraction of sp³-hybridized carbons (Fsp3) is 0. The highest BCUT2D eigenvalue weighted by Gasteiger charge is 2.30. The molecule has 26 rings (SSSR count). The molecule has 0 bridgehead atoms. The minimum absolute atomic E-state index is 1.04. The summed E-state index contributed by atoms with van der Waals surface area (Å²) in [4.78, 5) is 27.3. The van der Waals surface area contributed by atoms with E-state index in [2.05, 4.69) is 549 Å². The summed E-state index contributed by atoms with van der Waals surface area (Å²) in [6, 6.07) is 185. The molecular weight excluding hydrogens is 1750 g/mol. The number of para-hydroxylation sites is 6. The summed E-state index contributed by atoms with van der Waals surface area (Å²) in [7, 11) is 0. The SMILES string of the molecule is c1ccc(N(c2ccccc2)c2ccc(N(c3ccccc3)c3ccc4c(-c5ccccc5-c5ccc6cnccc6c5)c5ccccc5c(-c5ccccc5-c5ccc6ccncc6c5)c4c3)cc2)cc1.c1ccc(N(c2ccccc2)c2ccc(N(c3ccccc3)c3cccc4c(-c5ccccc5-c5ccc6cnccc6c5)c5ccccc5c(-c5ccccc5-c5ccc6ccncc6c5)c34)cc2)cc1. The Bertz CT molecular complexity index is 9050. The topological polar surface area (TPSA) is 64.5 Å². The zero-order valence-electron chi connectivity index (χ0n) is 78.7. The van der Waals surface area contributed by atoms with Crippen molar-refractivity contribution in [1.82, 2.24) is 19.9 Å². The minimum Gasteiger partial charge on any atom is -0.311 e. The second-order valence-corrected chi connectivity index (χ2v) is 36.3. The summed E-state index contributed by atoms with van der Waals surface area (Å²) in [5.41, 5.74) is 31.6. The van der Waals surface area contributed by atoms with Crippen LogP contribution in [0, 0.1) is 0 Å². The Morgan fingerprint density at radius 2 is 0.375 bits per heavy atom. The lowest BCUT2D eigenvalue weighted by molar-refractivity contribution is 1.26. The fourth-order valence-electron chi connectivity index (χ4n) is 21.4. The van der Waals surface area contributed by atoms with E-state index in [4.69, 9.17) is 0 Å². The summed E-state index contributed by atoms with van der Waals surface area (Å²) in [6.45, 7) is 0. The number of fused-ring (bicyclic) bond motifs is 8. The molecule has 0 aliphatic rings. The highest BCUT2D eigenvalue weighted by atomic mass is 15.2. The van der Waals surface area contributed by atoms with Gasteiger partial charge in [0.1, 0.15) is 0 Å². The van der Waals surface area contributed by atoms with Gasteiger partial charge in [0.25, 0.3) is 0 Å². The van der Waals surface area contributed by atoms with Crippen LogP contribution in [-0.4, -0.2) is 19.9 Å². The van der Waals surface area contributed by atoms with Crippen molar-refractivity contribution >= 4 is 154 Å². The van der Waals surface area contributed by atoms with Crippen molar-refractivity contribution in [3.05, 3.63) is 559 Å². The van der Waals surface area contributed by atoms with Gasteiger partial charge in [0.05, 0.1) is 5.69 Å². The number of anilines is 12. The Balaban J connectivity index is 0.000000151. The first-order valence-corrected chi connectivity index (χ1v) is 48.9. The lowest BCUT2D eigenvalue weighted by Crippen LogP contribution is -2.12. The van der Waals surface area contributed by atoms with E-state index in [0.717, 1.165) is 161 Å². The second-order valence-electron chi connectivity index (χ2n) is 36.3. The molecule has 0 amide bonds. The summed E-state index contributed by atoms with van der Waals surface area (Å²) in [6.07, 6.45) is 15.3. The number of pyridine rings is 4. The molecule has 0 spiro atoms. The van der Waals surface area contributed by atoms with Crippen LogP contribution in [0.3, 0.4) is 0 Å². The Morgan fingerprint density at radius 3 is 0.743 bits per heavy atom. The van der Waals surface area contributed by atoms with E-state index in [9.17, 15) is 0 Å². The Hall–Kier alpha value is -19.3. The largest absolute Gasteiger partial charge is 0.311 e. The quantitative estimate of drug-likeness (QED) is 0.0700. The standard InChI is InChI=1S/2C68H46N4/c1-4-17-53(18-5-1)71(54-19-6-2-7-20-54)56-35-37-57(38-36-56)72(55-21-8-3-9-22-55)65-30-16-29-64-66(60-25-12-10-23-58(60)49-33-34-51-45-69-42-40-48(51)43-49)62-27-14-15-28-63(62)67(68(64)65)61-26-13-11-24-59(61)50-32-31-47-39-41-70-46-52(47)44-50;1-4-16-53(17-5-1)71(54-18-6-2-7-19-54)56-32-34-57(35-33-56)72(55-20-8-3-9-21-55)58-36-37-65-66(44-58)68(62-25-13-11-23-60(62)50-29-28-47-38-40-70-46-52(47)43-50)64-27-15-14-26-63(64)67(65)61-24-12-10-22-59(61)49-30-31-51-45-69-41-39-48(51)42-49/h2*1-46H. The maximum Gasteiger partial charge on any atom is 0.0546 e. The van der Waals surface area contributed by atoms with E-state index in [1.807, 2.05) is 49.6 Å². The number of hydrogen-bond donors (Lipinski definition) is 0. The van der Waals surface area contributed by atoms with Crippen molar-refractivity contribution < 1.29 is 0 Å². The van der Waals surface area contributed by atoms with E-state index >= 15 is 0 Å². The Labute approximate surface area is 836 Å². The van der Waals surface area contributed by atoms with E-state index < -0.39 is 0 Å². The minimum atomic E-state index is 1.04. The highest BCUT2D eigenvalue weighted by Crippen LogP contribution is 2.56. The molecule has 4 aromatic heterocycles. The van der Waals surface area contributed by atoms with Gasteiger partial charge in [0.2, 0.25) is 0 Å². The average molecular weight is 1840 g/mol. The van der Waals surface area contributed by atoms with Gasteiger partial charge >= 0.3 is 0 Å². The molecule has 4 heterocycles. The van der Waals surface area contributed by atoms with Gasteiger partial charge in [-0.15, -0.1) is 0 Å². The molecule has 0 radical (unpaired) electrons. The zero-order valence-corrected chi connectivity index (χ0v) is 78.7. The van der Waals surface area contributed by atoms with E-state index in [-0.39, 0.29) is 0 Å². The van der Waals surface area contributed by atoms with Gasteiger partial charge in [-0.1, -0.05) is 322 Å². The van der Waals surface area contributed by atoms with Crippen molar-refractivity contribution in [1.29, 1.82) is 0 Å². The molecule has 0 saturated carbocycles. The van der Waals surface area contributed by atoms with Crippen molar-refractivity contribution in [3.8, 4) is 89.0 Å². The molecule has 26 aromatic rings. The summed E-state index contributed by atoms with van der Waals surface area (Å²) in [5, 5.41) is 18.5. The predicted octanol–water partition coefficient (Wildman–Crippen LogP) is 37.4. The summed E-state index contributed by atoms with van der Waals surface area (Å²) >= 11 is 0. The van der Waals surface area contributed by atoms with Gasteiger partial charge < -0.3 is 19.6 Å². The third kappa shape index (κ3) is 16.3. The monoisotopic (exact) mass is 1840 g/mol. The van der Waals surface area contributed by atoms with Crippen LogP contribution in [0.5, 0.6) is 0 Å². The third-order valence-electron chi connectivity index (χ3n) is 27.9. The number of benzene rings is 22. The van der Waals surface area contributed by atoms with Gasteiger partial charge in [-0.2, -0.15) is 0 Å². The third-order valence-corrected chi connectivity index (χ3v) is 27.9. The molecule has 0 aliphatic carbocycles. The molecule has 676 valence electrons. The first-order valence-electron chi connectivity index (χ1n) is 48.9. The van der Waals surface area contributed by atoms with Crippen LogP contribution in [0.1, 0.15) is 0 Å². The molecule has 22 aromatic carbocycles. The number of nitrogens with zero attached hydrogens (tertiary/aromatic N) is 8. The molecule has 144 heavy (non-hydrogen) atoms. The lowest BCUT2D eigenvalue weighted by atomic mass is 9.81. The molecule has 0 aliphatic heterocycles. The van der Waals surface area contributed by atoms with Gasteiger partial charge in [-0.3, -0.25) is 19.9 Å². The summed E-state index contributed by atoms with van der Waals surface area (Å²) < 4.78 is 0. The van der Waals surface area contributed by atoms with Crippen LogP contribution in [0.4, 0.5) is 68.2 Å². The smallest absolute Gasteiger partial charge is 0.0546 e. The van der Waals surface area contributed by atoms with E-state index in [1.54, 1.807) is 0 Å². The van der Waals surface area contributed by atoms with Crippen molar-refractivity contribution in [3.63, 3.8) is 0 Å². The number of rotatable bonds is 20. The molecule has 0 unspecified atom stereocenters. The molecule has 8 nitrogen and oxygen atoms in total. The van der Waals surface area contributed by atoms with Crippen molar-refractivity contribution in [2.24, 2.45) is 0 Å². The molecule has 0 saturated heterocycles. The zero-order chi connectivity index (χ0) is 95.6. The maximum atomic E-state index is 4.52. The van der Waals surface area contributed by atoms with Gasteiger partial charge in [0.15, 0.2) is 0 Å². The maximum absolute atomic E-state index is 4.52. The van der Waals surface area contributed by atoms with Crippen LogP contribution < -0.4 is 19.6 Å². The Kier molecular flexibility index (Phi) is 22.9. The molecule has 0 N–H and O–H groups in total. The average Bonchev–Trinajstić information content (AvgIpc) is 0.711. The van der Waals surface area contributed by atoms with Gasteiger partial charge in [0, 0.05) is 145 Å². The van der Waals surface area contributed by atoms with Crippen LogP contribution in [-0.2, 0) is 0 Å². The number of hydrogen-bond acceptors (Lipinski definition) is 8.